The lowest BCUT2D eigenvalue weighted by atomic mass is 10.1. The number of rotatable bonds is 1. The van der Waals surface area contributed by atoms with Crippen LogP contribution in [0.25, 0.3) is 17.0 Å². The van der Waals surface area contributed by atoms with Gasteiger partial charge in [-0.3, -0.25) is 0 Å². The average molecular weight is 204 g/mol. The molecule has 0 bridgehead atoms. The molecule has 0 N–H and O–H groups in total. The van der Waals surface area contributed by atoms with E-state index in [-0.39, 0.29) is 5.82 Å². The summed E-state index contributed by atoms with van der Waals surface area (Å²) in [6, 6.07) is 4.06. The van der Waals surface area contributed by atoms with Gasteiger partial charge in [-0.1, -0.05) is 12.7 Å². The summed E-state index contributed by atoms with van der Waals surface area (Å²) in [5.41, 5.74) is 1.02. The Kier molecular flexibility index (Phi) is 2.15. The molecular formula is C12H9FO2. The van der Waals surface area contributed by atoms with Gasteiger partial charge in [-0.15, -0.1) is 0 Å². The number of hydrogen-bond acceptors (Lipinski definition) is 2. The molecule has 0 saturated carbocycles. The fourth-order valence-corrected chi connectivity index (χ4v) is 1.57. The Hall–Kier alpha value is -1.90. The van der Waals surface area contributed by atoms with E-state index in [0.717, 1.165) is 0 Å². The minimum absolute atomic E-state index is 0.352. The molecule has 1 heterocycles. The second kappa shape index (κ2) is 3.35. The van der Waals surface area contributed by atoms with Crippen molar-refractivity contribution in [1.82, 2.24) is 0 Å². The van der Waals surface area contributed by atoms with Crippen molar-refractivity contribution in [2.24, 2.45) is 0 Å². The standard InChI is InChI=1S/C12H9FO2/c1-3-9-7(2)10-6-8(13)4-5-11(10)15-12(9)14/h3-6H,1H2,2H3. The van der Waals surface area contributed by atoms with Crippen molar-refractivity contribution in [2.75, 3.05) is 0 Å². The molecule has 0 aliphatic rings. The minimum atomic E-state index is -0.443. The van der Waals surface area contributed by atoms with Crippen LogP contribution in [0.3, 0.4) is 0 Å². The Bertz CT molecular complexity index is 596. The van der Waals surface area contributed by atoms with Gasteiger partial charge in [0.1, 0.15) is 11.4 Å². The monoisotopic (exact) mass is 204 g/mol. The second-order valence-corrected chi connectivity index (χ2v) is 3.27. The maximum Gasteiger partial charge on any atom is 0.343 e. The molecule has 0 aliphatic carbocycles. The smallest absolute Gasteiger partial charge is 0.343 e. The molecule has 0 aliphatic heterocycles. The van der Waals surface area contributed by atoms with Gasteiger partial charge in [0.15, 0.2) is 0 Å². The van der Waals surface area contributed by atoms with E-state index >= 15 is 0 Å². The Balaban J connectivity index is 2.98. The molecule has 76 valence electrons. The van der Waals surface area contributed by atoms with Gasteiger partial charge in [-0.25, -0.2) is 9.18 Å². The van der Waals surface area contributed by atoms with Gasteiger partial charge in [0.25, 0.3) is 0 Å². The van der Waals surface area contributed by atoms with Crippen LogP contribution < -0.4 is 5.63 Å². The van der Waals surface area contributed by atoms with Gasteiger partial charge in [-0.05, 0) is 30.7 Å². The van der Waals surface area contributed by atoms with Gasteiger partial charge < -0.3 is 4.42 Å². The van der Waals surface area contributed by atoms with Crippen LogP contribution >= 0.6 is 0 Å². The maximum atomic E-state index is 13.0. The highest BCUT2D eigenvalue weighted by Gasteiger charge is 2.08. The molecule has 2 rings (SSSR count). The summed E-state index contributed by atoms with van der Waals surface area (Å²) in [5.74, 6) is -0.352. The third-order valence-electron chi connectivity index (χ3n) is 2.38. The maximum absolute atomic E-state index is 13.0. The third-order valence-corrected chi connectivity index (χ3v) is 2.38. The molecule has 0 saturated heterocycles. The van der Waals surface area contributed by atoms with Gasteiger partial charge in [0.05, 0.1) is 5.56 Å². The molecule has 0 atom stereocenters. The zero-order valence-electron chi connectivity index (χ0n) is 8.21. The molecule has 2 nitrogen and oxygen atoms in total. The largest absolute Gasteiger partial charge is 0.422 e. The van der Waals surface area contributed by atoms with E-state index in [1.807, 2.05) is 0 Å². The Morgan fingerprint density at radius 3 is 2.87 bits per heavy atom. The molecule has 0 fully saturated rings. The van der Waals surface area contributed by atoms with Crippen molar-refractivity contribution < 1.29 is 8.81 Å². The highest BCUT2D eigenvalue weighted by molar-refractivity contribution is 5.82. The molecule has 1 aromatic heterocycles. The first kappa shape index (κ1) is 9.65. The van der Waals surface area contributed by atoms with E-state index in [2.05, 4.69) is 6.58 Å². The van der Waals surface area contributed by atoms with Crippen molar-refractivity contribution in [3.05, 3.63) is 52.1 Å². The minimum Gasteiger partial charge on any atom is -0.422 e. The first-order valence-corrected chi connectivity index (χ1v) is 4.49. The molecule has 0 spiro atoms. The van der Waals surface area contributed by atoms with Crippen LogP contribution in [0.4, 0.5) is 4.39 Å². The normalized spacial score (nSPS) is 10.5. The van der Waals surface area contributed by atoms with Gasteiger partial charge in [-0.2, -0.15) is 0 Å². The van der Waals surface area contributed by atoms with Crippen LogP contribution in [0, 0.1) is 12.7 Å². The highest BCUT2D eigenvalue weighted by Crippen LogP contribution is 2.20. The zero-order valence-corrected chi connectivity index (χ0v) is 8.21. The molecule has 1 aromatic carbocycles. The molecule has 2 aromatic rings. The topological polar surface area (TPSA) is 30.2 Å². The molecule has 3 heteroatoms. The van der Waals surface area contributed by atoms with Crippen LogP contribution in [0.2, 0.25) is 0 Å². The van der Waals surface area contributed by atoms with Crippen molar-refractivity contribution in [3.8, 4) is 0 Å². The summed E-state index contributed by atoms with van der Waals surface area (Å²) < 4.78 is 18.0. The number of halogens is 1. The number of benzene rings is 1. The predicted molar refractivity (Wildman–Crippen MR) is 57.3 cm³/mol. The summed E-state index contributed by atoms with van der Waals surface area (Å²) in [7, 11) is 0. The second-order valence-electron chi connectivity index (χ2n) is 3.27. The summed E-state index contributed by atoms with van der Waals surface area (Å²) in [6.45, 7) is 5.27. The summed E-state index contributed by atoms with van der Waals surface area (Å²) in [4.78, 5) is 11.4. The number of fused-ring (bicyclic) bond motifs is 1. The summed E-state index contributed by atoms with van der Waals surface area (Å²) in [5, 5.41) is 0.601. The van der Waals surface area contributed by atoms with Gasteiger partial charge in [0.2, 0.25) is 0 Å². The number of aryl methyl sites for hydroxylation is 1. The first-order chi connectivity index (χ1) is 7.13. The summed E-state index contributed by atoms with van der Waals surface area (Å²) >= 11 is 0. The lowest BCUT2D eigenvalue weighted by Crippen LogP contribution is -2.05. The summed E-state index contributed by atoms with van der Waals surface area (Å²) in [6.07, 6.45) is 1.42. The molecule has 0 radical (unpaired) electrons. The van der Waals surface area contributed by atoms with E-state index < -0.39 is 5.63 Å². The lowest BCUT2D eigenvalue weighted by molar-refractivity contribution is 0.555. The quantitative estimate of drug-likeness (QED) is 0.668. The first-order valence-electron chi connectivity index (χ1n) is 4.49. The van der Waals surface area contributed by atoms with E-state index in [1.165, 1.54) is 24.3 Å². The predicted octanol–water partition coefficient (Wildman–Crippen LogP) is 2.88. The molecule has 0 unspecified atom stereocenters. The Morgan fingerprint density at radius 2 is 2.20 bits per heavy atom. The van der Waals surface area contributed by atoms with Crippen molar-refractivity contribution >= 4 is 17.0 Å². The van der Waals surface area contributed by atoms with E-state index in [4.69, 9.17) is 4.42 Å². The number of hydrogen-bond donors (Lipinski definition) is 0. The van der Waals surface area contributed by atoms with Crippen LogP contribution in [0.15, 0.2) is 34.0 Å². The van der Waals surface area contributed by atoms with E-state index in [1.54, 1.807) is 6.92 Å². The zero-order chi connectivity index (χ0) is 11.0. The van der Waals surface area contributed by atoms with Crippen molar-refractivity contribution in [3.63, 3.8) is 0 Å². The molecule has 15 heavy (non-hydrogen) atoms. The van der Waals surface area contributed by atoms with E-state index in [9.17, 15) is 9.18 Å². The Morgan fingerprint density at radius 1 is 1.47 bits per heavy atom. The highest BCUT2D eigenvalue weighted by atomic mass is 19.1. The van der Waals surface area contributed by atoms with Crippen LogP contribution in [0.5, 0.6) is 0 Å². The van der Waals surface area contributed by atoms with Crippen molar-refractivity contribution in [2.45, 2.75) is 6.92 Å². The van der Waals surface area contributed by atoms with Crippen LogP contribution in [0.1, 0.15) is 11.1 Å². The van der Waals surface area contributed by atoms with Gasteiger partial charge >= 0.3 is 5.63 Å². The molecular weight excluding hydrogens is 195 g/mol. The third kappa shape index (κ3) is 1.46. The van der Waals surface area contributed by atoms with Crippen molar-refractivity contribution in [1.29, 1.82) is 0 Å². The SMILES string of the molecule is C=Cc1c(C)c2cc(F)ccc2oc1=O. The van der Waals surface area contributed by atoms with Crippen LogP contribution in [-0.4, -0.2) is 0 Å². The average Bonchev–Trinajstić information content (AvgIpc) is 2.20. The van der Waals surface area contributed by atoms with Crippen LogP contribution in [-0.2, 0) is 0 Å². The van der Waals surface area contributed by atoms with E-state index in [0.29, 0.717) is 22.1 Å². The van der Waals surface area contributed by atoms with Gasteiger partial charge in [0, 0.05) is 5.39 Å². The Labute approximate surface area is 85.7 Å². The fraction of sp³-hybridized carbons (Fsp3) is 0.0833. The fourth-order valence-electron chi connectivity index (χ4n) is 1.57. The molecule has 0 amide bonds. The lowest BCUT2D eigenvalue weighted by Gasteiger charge is -2.03.